The van der Waals surface area contributed by atoms with E-state index in [4.69, 9.17) is 4.74 Å². The van der Waals surface area contributed by atoms with Crippen molar-refractivity contribution >= 4 is 0 Å². The monoisotopic (exact) mass is 127 g/mol. The minimum atomic E-state index is 0.276. The van der Waals surface area contributed by atoms with E-state index >= 15 is 0 Å². The van der Waals surface area contributed by atoms with Gasteiger partial charge < -0.3 is 10.1 Å². The van der Waals surface area contributed by atoms with Crippen molar-refractivity contribution < 1.29 is 4.74 Å². The second kappa shape index (κ2) is 1.70. The maximum Gasteiger partial charge on any atom is 0.107 e. The molecule has 1 N–H and O–H groups in total. The van der Waals surface area contributed by atoms with Crippen molar-refractivity contribution in [2.75, 3.05) is 13.2 Å². The van der Waals surface area contributed by atoms with Crippen LogP contribution in [0.4, 0.5) is 0 Å². The van der Waals surface area contributed by atoms with E-state index in [0.717, 1.165) is 6.61 Å². The lowest BCUT2D eigenvalue weighted by atomic mass is 9.93. The Balaban J connectivity index is 2.03. The second-order valence-corrected chi connectivity index (χ2v) is 3.13. The molecule has 2 fully saturated rings. The first kappa shape index (κ1) is 5.69. The number of rotatable bonds is 0. The third-order valence-corrected chi connectivity index (χ3v) is 2.53. The normalized spacial score (nSPS) is 49.7. The van der Waals surface area contributed by atoms with Gasteiger partial charge in [0.2, 0.25) is 0 Å². The van der Waals surface area contributed by atoms with E-state index < -0.39 is 0 Å². The largest absolute Gasteiger partial charge is 0.368 e. The summed E-state index contributed by atoms with van der Waals surface area (Å²) in [5, 5.41) is 3.41. The van der Waals surface area contributed by atoms with Gasteiger partial charge in [-0.1, -0.05) is 0 Å². The Morgan fingerprint density at radius 2 is 2.44 bits per heavy atom. The highest BCUT2D eigenvalue weighted by molar-refractivity contribution is 5.02. The molecular formula is C7H13NO. The van der Waals surface area contributed by atoms with Gasteiger partial charge in [-0.3, -0.25) is 0 Å². The molecule has 2 heterocycles. The predicted molar refractivity (Wildman–Crippen MR) is 35.4 cm³/mol. The van der Waals surface area contributed by atoms with Crippen molar-refractivity contribution in [1.82, 2.24) is 5.32 Å². The van der Waals surface area contributed by atoms with E-state index in [2.05, 4.69) is 12.2 Å². The number of epoxide rings is 1. The first-order valence-corrected chi connectivity index (χ1v) is 3.71. The van der Waals surface area contributed by atoms with Crippen molar-refractivity contribution in [3.63, 3.8) is 0 Å². The smallest absolute Gasteiger partial charge is 0.107 e. The molecule has 0 aromatic heterocycles. The van der Waals surface area contributed by atoms with Gasteiger partial charge >= 0.3 is 0 Å². The summed E-state index contributed by atoms with van der Waals surface area (Å²) in [6.45, 7) is 4.37. The van der Waals surface area contributed by atoms with Crippen LogP contribution in [0, 0.1) is 0 Å². The average molecular weight is 127 g/mol. The van der Waals surface area contributed by atoms with E-state index in [1.54, 1.807) is 0 Å². The molecular weight excluding hydrogens is 114 g/mol. The van der Waals surface area contributed by atoms with Crippen molar-refractivity contribution in [2.24, 2.45) is 0 Å². The Hall–Kier alpha value is -0.0800. The van der Waals surface area contributed by atoms with Crippen LogP contribution in [0.25, 0.3) is 0 Å². The zero-order chi connectivity index (χ0) is 6.32. The Morgan fingerprint density at radius 1 is 1.67 bits per heavy atom. The van der Waals surface area contributed by atoms with Gasteiger partial charge in [0, 0.05) is 6.04 Å². The van der Waals surface area contributed by atoms with Crippen LogP contribution >= 0.6 is 0 Å². The molecule has 0 amide bonds. The fraction of sp³-hybridized carbons (Fsp3) is 1.00. The molecule has 2 aliphatic rings. The van der Waals surface area contributed by atoms with Crippen LogP contribution in [-0.2, 0) is 4.74 Å². The summed E-state index contributed by atoms with van der Waals surface area (Å²) >= 11 is 0. The summed E-state index contributed by atoms with van der Waals surface area (Å²) in [6, 6.07) is 0.589. The van der Waals surface area contributed by atoms with E-state index in [0.29, 0.717) is 6.04 Å². The zero-order valence-corrected chi connectivity index (χ0v) is 5.81. The van der Waals surface area contributed by atoms with E-state index in [-0.39, 0.29) is 5.60 Å². The summed E-state index contributed by atoms with van der Waals surface area (Å²) in [7, 11) is 0. The van der Waals surface area contributed by atoms with Crippen LogP contribution < -0.4 is 5.32 Å². The Bertz CT molecular complexity index is 120. The standard InChI is InChI=1S/C7H13NO/c1-6-7(5-9-7)3-2-4-8-6/h6,8H,2-5H2,1H3/t6-,7+/m0/s1. The van der Waals surface area contributed by atoms with Crippen molar-refractivity contribution in [1.29, 1.82) is 0 Å². The lowest BCUT2D eigenvalue weighted by Crippen LogP contribution is -2.45. The van der Waals surface area contributed by atoms with Crippen molar-refractivity contribution in [2.45, 2.75) is 31.4 Å². The van der Waals surface area contributed by atoms with Crippen molar-refractivity contribution in [3.05, 3.63) is 0 Å². The summed E-state index contributed by atoms with van der Waals surface area (Å²) in [5.74, 6) is 0. The third kappa shape index (κ3) is 0.775. The first-order chi connectivity index (χ1) is 4.33. The molecule has 2 rings (SSSR count). The van der Waals surface area contributed by atoms with E-state index in [9.17, 15) is 0 Å². The number of piperidine rings is 1. The minimum absolute atomic E-state index is 0.276. The van der Waals surface area contributed by atoms with Gasteiger partial charge in [0.05, 0.1) is 6.61 Å². The Labute approximate surface area is 55.6 Å². The molecule has 2 heteroatoms. The molecule has 2 nitrogen and oxygen atoms in total. The van der Waals surface area contributed by atoms with Crippen LogP contribution in [0.5, 0.6) is 0 Å². The predicted octanol–water partition coefficient (Wildman–Crippen LogP) is 0.527. The van der Waals surface area contributed by atoms with Gasteiger partial charge in [0.25, 0.3) is 0 Å². The molecule has 0 bridgehead atoms. The topological polar surface area (TPSA) is 24.6 Å². The van der Waals surface area contributed by atoms with Gasteiger partial charge in [-0.15, -0.1) is 0 Å². The summed E-state index contributed by atoms with van der Waals surface area (Å²) in [4.78, 5) is 0. The van der Waals surface area contributed by atoms with E-state index in [1.165, 1.54) is 19.4 Å². The van der Waals surface area contributed by atoms with Gasteiger partial charge in [0.15, 0.2) is 0 Å². The fourth-order valence-corrected chi connectivity index (χ4v) is 1.60. The van der Waals surface area contributed by atoms with Crippen LogP contribution in [0.3, 0.4) is 0 Å². The molecule has 0 saturated carbocycles. The van der Waals surface area contributed by atoms with Gasteiger partial charge in [-0.25, -0.2) is 0 Å². The molecule has 52 valence electrons. The summed E-state index contributed by atoms with van der Waals surface area (Å²) in [5.41, 5.74) is 0.276. The lowest BCUT2D eigenvalue weighted by Gasteiger charge is -2.26. The molecule has 0 aromatic carbocycles. The quantitative estimate of drug-likeness (QED) is 0.480. The second-order valence-electron chi connectivity index (χ2n) is 3.13. The third-order valence-electron chi connectivity index (χ3n) is 2.53. The highest BCUT2D eigenvalue weighted by Gasteiger charge is 2.50. The molecule has 0 unspecified atom stereocenters. The maximum atomic E-state index is 5.39. The van der Waals surface area contributed by atoms with Crippen molar-refractivity contribution in [3.8, 4) is 0 Å². The molecule has 0 aliphatic carbocycles. The molecule has 9 heavy (non-hydrogen) atoms. The molecule has 0 radical (unpaired) electrons. The van der Waals surface area contributed by atoms with Gasteiger partial charge in [0.1, 0.15) is 5.60 Å². The van der Waals surface area contributed by atoms with Crippen LogP contribution in [0.15, 0.2) is 0 Å². The molecule has 2 atom stereocenters. The zero-order valence-electron chi connectivity index (χ0n) is 5.81. The van der Waals surface area contributed by atoms with Crippen LogP contribution in [0.1, 0.15) is 19.8 Å². The van der Waals surface area contributed by atoms with Gasteiger partial charge in [-0.05, 0) is 26.3 Å². The first-order valence-electron chi connectivity index (χ1n) is 3.71. The van der Waals surface area contributed by atoms with E-state index in [1.807, 2.05) is 0 Å². The summed E-state index contributed by atoms with van der Waals surface area (Å²) in [6.07, 6.45) is 2.55. The number of hydrogen-bond donors (Lipinski definition) is 1. The fourth-order valence-electron chi connectivity index (χ4n) is 1.60. The van der Waals surface area contributed by atoms with Crippen LogP contribution in [0.2, 0.25) is 0 Å². The maximum absolute atomic E-state index is 5.39. The SMILES string of the molecule is C[C@@H]1NCCC[C@@]12CO2. The number of ether oxygens (including phenoxy) is 1. The molecule has 2 aliphatic heterocycles. The average Bonchev–Trinajstić information content (AvgIpc) is 2.60. The highest BCUT2D eigenvalue weighted by Crippen LogP contribution is 2.37. The lowest BCUT2D eigenvalue weighted by molar-refractivity contribution is 0.201. The molecule has 1 spiro atoms. The van der Waals surface area contributed by atoms with Gasteiger partial charge in [-0.2, -0.15) is 0 Å². The Morgan fingerprint density at radius 3 is 2.89 bits per heavy atom. The van der Waals surface area contributed by atoms with Crippen LogP contribution in [-0.4, -0.2) is 24.8 Å². The molecule has 0 aromatic rings. The Kier molecular flexibility index (Phi) is 1.08. The summed E-state index contributed by atoms with van der Waals surface area (Å²) < 4.78 is 5.39. The molecule has 2 saturated heterocycles. The number of hydrogen-bond acceptors (Lipinski definition) is 2. The minimum Gasteiger partial charge on any atom is -0.368 e. The number of nitrogens with one attached hydrogen (secondary N) is 1. The highest BCUT2D eigenvalue weighted by atomic mass is 16.6.